The molecular weight excluding hydrogens is 308 g/mol. The molecule has 0 saturated carbocycles. The zero-order valence-electron chi connectivity index (χ0n) is 13.9. The Hall–Kier alpha value is -1.79. The minimum absolute atomic E-state index is 0.0666. The lowest BCUT2D eigenvalue weighted by Gasteiger charge is -2.27. The maximum atomic E-state index is 12.5. The number of nitrogens with one attached hydrogen (secondary N) is 1. The Kier molecular flexibility index (Phi) is 5.85. The van der Waals surface area contributed by atoms with Gasteiger partial charge >= 0.3 is 0 Å². The van der Waals surface area contributed by atoms with E-state index in [4.69, 9.17) is 5.73 Å². The van der Waals surface area contributed by atoms with Crippen molar-refractivity contribution in [3.63, 3.8) is 0 Å². The lowest BCUT2D eigenvalue weighted by Crippen LogP contribution is -2.41. The number of aromatic nitrogens is 2. The average Bonchev–Trinajstić information content (AvgIpc) is 2.99. The molecule has 124 valence electrons. The predicted octanol–water partition coefficient (Wildman–Crippen LogP) is 3.14. The van der Waals surface area contributed by atoms with Crippen molar-refractivity contribution in [1.82, 2.24) is 10.2 Å². The van der Waals surface area contributed by atoms with Crippen LogP contribution in [0.1, 0.15) is 42.8 Å². The number of nitrogens with two attached hydrogens (primary N) is 1. The standard InChI is InChI=1S/C17H24N4OS/c1-4-17(5-2,11-18)15(22)19-16-21-20-14(23-16)10-13-8-6-12(3)7-9-13/h6-9H,4-5,10-11,18H2,1-3H3,(H,19,21,22). The van der Waals surface area contributed by atoms with Gasteiger partial charge in [-0.05, 0) is 25.3 Å². The summed E-state index contributed by atoms with van der Waals surface area (Å²) >= 11 is 1.41. The van der Waals surface area contributed by atoms with Crippen molar-refractivity contribution in [3.8, 4) is 0 Å². The zero-order valence-corrected chi connectivity index (χ0v) is 14.7. The topological polar surface area (TPSA) is 80.9 Å². The number of hydrogen-bond donors (Lipinski definition) is 2. The minimum Gasteiger partial charge on any atom is -0.329 e. The van der Waals surface area contributed by atoms with Crippen LogP contribution in [0.2, 0.25) is 0 Å². The molecular formula is C17H24N4OS. The van der Waals surface area contributed by atoms with E-state index in [0.717, 1.165) is 11.4 Å². The van der Waals surface area contributed by atoms with Gasteiger partial charge in [-0.3, -0.25) is 10.1 Å². The summed E-state index contributed by atoms with van der Waals surface area (Å²) in [6.45, 7) is 6.37. The Balaban J connectivity index is 2.04. The van der Waals surface area contributed by atoms with E-state index in [0.29, 0.717) is 24.5 Å². The number of aryl methyl sites for hydroxylation is 1. The Morgan fingerprint density at radius 1 is 1.22 bits per heavy atom. The van der Waals surface area contributed by atoms with E-state index >= 15 is 0 Å². The molecule has 6 heteroatoms. The van der Waals surface area contributed by atoms with E-state index in [-0.39, 0.29) is 5.91 Å². The molecule has 1 aromatic carbocycles. The van der Waals surface area contributed by atoms with Gasteiger partial charge in [0, 0.05) is 13.0 Å². The molecule has 1 heterocycles. The molecule has 1 amide bonds. The van der Waals surface area contributed by atoms with Crippen LogP contribution in [0, 0.1) is 12.3 Å². The third-order valence-electron chi connectivity index (χ3n) is 4.39. The highest BCUT2D eigenvalue weighted by Gasteiger charge is 2.33. The van der Waals surface area contributed by atoms with Crippen molar-refractivity contribution >= 4 is 22.4 Å². The fraction of sp³-hybridized carbons (Fsp3) is 0.471. The Bertz CT molecular complexity index is 639. The van der Waals surface area contributed by atoms with E-state index in [1.54, 1.807) is 0 Å². The van der Waals surface area contributed by atoms with Gasteiger partial charge in [-0.15, -0.1) is 10.2 Å². The number of rotatable bonds is 7. The summed E-state index contributed by atoms with van der Waals surface area (Å²) in [6, 6.07) is 8.33. The summed E-state index contributed by atoms with van der Waals surface area (Å²) in [5.41, 5.74) is 7.70. The first-order valence-electron chi connectivity index (χ1n) is 7.92. The number of anilines is 1. The number of nitrogens with zero attached hydrogens (tertiary/aromatic N) is 2. The van der Waals surface area contributed by atoms with Crippen molar-refractivity contribution in [3.05, 3.63) is 40.4 Å². The largest absolute Gasteiger partial charge is 0.329 e. The van der Waals surface area contributed by atoms with Crippen LogP contribution < -0.4 is 11.1 Å². The van der Waals surface area contributed by atoms with Gasteiger partial charge in [0.2, 0.25) is 11.0 Å². The number of amides is 1. The van der Waals surface area contributed by atoms with E-state index in [9.17, 15) is 4.79 Å². The van der Waals surface area contributed by atoms with E-state index in [1.165, 1.54) is 22.5 Å². The van der Waals surface area contributed by atoms with Crippen molar-refractivity contribution in [1.29, 1.82) is 0 Å². The SMILES string of the molecule is CCC(CC)(CN)C(=O)Nc1nnc(Cc2ccc(C)cc2)s1. The molecule has 0 spiro atoms. The van der Waals surface area contributed by atoms with E-state index in [2.05, 4.69) is 46.7 Å². The molecule has 0 radical (unpaired) electrons. The average molecular weight is 332 g/mol. The van der Waals surface area contributed by atoms with Gasteiger partial charge in [-0.25, -0.2) is 0 Å². The normalized spacial score (nSPS) is 11.5. The quantitative estimate of drug-likeness (QED) is 0.816. The summed E-state index contributed by atoms with van der Waals surface area (Å²) in [5.74, 6) is -0.0666. The summed E-state index contributed by atoms with van der Waals surface area (Å²) in [7, 11) is 0. The molecule has 0 saturated heterocycles. The van der Waals surface area contributed by atoms with Crippen LogP contribution in [0.3, 0.4) is 0 Å². The molecule has 0 aliphatic carbocycles. The fourth-order valence-corrected chi connectivity index (χ4v) is 3.21. The lowest BCUT2D eigenvalue weighted by atomic mass is 9.81. The Morgan fingerprint density at radius 2 is 1.87 bits per heavy atom. The highest BCUT2D eigenvalue weighted by Crippen LogP contribution is 2.28. The fourth-order valence-electron chi connectivity index (χ4n) is 2.44. The van der Waals surface area contributed by atoms with Gasteiger partial charge in [0.05, 0.1) is 5.41 Å². The van der Waals surface area contributed by atoms with Crippen molar-refractivity contribution < 1.29 is 4.79 Å². The zero-order chi connectivity index (χ0) is 16.9. The Labute approximate surface area is 141 Å². The monoisotopic (exact) mass is 332 g/mol. The second-order valence-corrected chi connectivity index (χ2v) is 6.87. The van der Waals surface area contributed by atoms with Gasteiger partial charge in [-0.2, -0.15) is 0 Å². The van der Waals surface area contributed by atoms with Crippen LogP contribution in [0.5, 0.6) is 0 Å². The second-order valence-electron chi connectivity index (χ2n) is 5.81. The number of hydrogen-bond acceptors (Lipinski definition) is 5. The maximum absolute atomic E-state index is 12.5. The molecule has 0 atom stereocenters. The first kappa shape index (κ1) is 17.6. The summed E-state index contributed by atoms with van der Waals surface area (Å²) < 4.78 is 0. The van der Waals surface area contributed by atoms with Crippen LogP contribution in [0.15, 0.2) is 24.3 Å². The summed E-state index contributed by atoms with van der Waals surface area (Å²) in [4.78, 5) is 12.5. The predicted molar refractivity (Wildman–Crippen MR) is 94.6 cm³/mol. The number of benzene rings is 1. The third-order valence-corrected chi connectivity index (χ3v) is 5.23. The molecule has 0 aliphatic heterocycles. The molecule has 5 nitrogen and oxygen atoms in total. The molecule has 0 bridgehead atoms. The highest BCUT2D eigenvalue weighted by atomic mass is 32.1. The van der Waals surface area contributed by atoms with Crippen molar-refractivity contribution in [2.75, 3.05) is 11.9 Å². The molecule has 1 aromatic heterocycles. The van der Waals surface area contributed by atoms with E-state index in [1.807, 2.05) is 13.8 Å². The van der Waals surface area contributed by atoms with Gasteiger partial charge in [0.15, 0.2) is 0 Å². The molecule has 0 aliphatic rings. The molecule has 0 unspecified atom stereocenters. The van der Waals surface area contributed by atoms with Crippen molar-refractivity contribution in [2.45, 2.75) is 40.0 Å². The first-order chi connectivity index (χ1) is 11.0. The second kappa shape index (κ2) is 7.66. The van der Waals surface area contributed by atoms with Gasteiger partial charge in [-0.1, -0.05) is 55.0 Å². The van der Waals surface area contributed by atoms with E-state index < -0.39 is 5.41 Å². The summed E-state index contributed by atoms with van der Waals surface area (Å²) in [6.07, 6.45) is 2.14. The highest BCUT2D eigenvalue weighted by molar-refractivity contribution is 7.15. The molecule has 0 fully saturated rings. The molecule has 2 rings (SSSR count). The van der Waals surface area contributed by atoms with Gasteiger partial charge in [0.25, 0.3) is 0 Å². The van der Waals surface area contributed by atoms with Crippen LogP contribution in [-0.2, 0) is 11.2 Å². The number of carbonyl (C=O) groups excluding carboxylic acids is 1. The molecule has 2 aromatic rings. The minimum atomic E-state index is -0.525. The van der Waals surface area contributed by atoms with Crippen LogP contribution in [0.4, 0.5) is 5.13 Å². The van der Waals surface area contributed by atoms with Crippen LogP contribution in [-0.4, -0.2) is 22.6 Å². The van der Waals surface area contributed by atoms with Gasteiger partial charge < -0.3 is 5.73 Å². The van der Waals surface area contributed by atoms with Crippen LogP contribution in [0.25, 0.3) is 0 Å². The first-order valence-corrected chi connectivity index (χ1v) is 8.74. The van der Waals surface area contributed by atoms with Crippen molar-refractivity contribution in [2.24, 2.45) is 11.1 Å². The Morgan fingerprint density at radius 3 is 2.43 bits per heavy atom. The van der Waals surface area contributed by atoms with Crippen LogP contribution >= 0.6 is 11.3 Å². The number of carbonyl (C=O) groups is 1. The van der Waals surface area contributed by atoms with Gasteiger partial charge in [0.1, 0.15) is 5.01 Å². The third kappa shape index (κ3) is 4.14. The smallest absolute Gasteiger partial charge is 0.233 e. The summed E-state index contributed by atoms with van der Waals surface area (Å²) in [5, 5.41) is 12.6. The molecule has 23 heavy (non-hydrogen) atoms. The lowest BCUT2D eigenvalue weighted by molar-refractivity contribution is -0.125. The molecule has 3 N–H and O–H groups in total. The maximum Gasteiger partial charge on any atom is 0.233 e.